The first kappa shape index (κ1) is 12.7. The van der Waals surface area contributed by atoms with Crippen LogP contribution >= 0.6 is 11.3 Å². The van der Waals surface area contributed by atoms with E-state index in [2.05, 4.69) is 44.9 Å². The fourth-order valence-electron chi connectivity index (χ4n) is 1.97. The molecule has 1 heterocycles. The third-order valence-electron chi connectivity index (χ3n) is 2.59. The molecule has 0 aromatic carbocycles. The van der Waals surface area contributed by atoms with Crippen LogP contribution in [0, 0.1) is 13.8 Å². The van der Waals surface area contributed by atoms with Gasteiger partial charge in [-0.1, -0.05) is 13.3 Å². The van der Waals surface area contributed by atoms with Crippen LogP contribution in [0.5, 0.6) is 0 Å². The van der Waals surface area contributed by atoms with Crippen LogP contribution in [0.15, 0.2) is 0 Å². The lowest BCUT2D eigenvalue weighted by Crippen LogP contribution is -2.28. The standard InChI is InChI=1S/C12H22N2S/c1-6-7-8(2)13-9(3)12-10(4)14-11(5)15-12/h8-9,13H,6-7H2,1-5H3. The first-order valence-corrected chi connectivity index (χ1v) is 6.56. The van der Waals surface area contributed by atoms with Crippen LogP contribution in [0.3, 0.4) is 0 Å². The van der Waals surface area contributed by atoms with Crippen LogP contribution in [0.1, 0.15) is 55.2 Å². The molecular formula is C12H22N2S. The molecule has 2 unspecified atom stereocenters. The fraction of sp³-hybridized carbons (Fsp3) is 0.750. The number of nitrogens with one attached hydrogen (secondary N) is 1. The molecule has 0 bridgehead atoms. The lowest BCUT2D eigenvalue weighted by atomic mass is 10.1. The van der Waals surface area contributed by atoms with Crippen molar-refractivity contribution in [2.75, 3.05) is 0 Å². The Hall–Kier alpha value is -0.410. The highest BCUT2D eigenvalue weighted by atomic mass is 32.1. The number of thiazole rings is 1. The Morgan fingerprint density at radius 1 is 1.33 bits per heavy atom. The molecule has 1 rings (SSSR count). The average molecular weight is 226 g/mol. The van der Waals surface area contributed by atoms with E-state index in [0.717, 1.165) is 0 Å². The van der Waals surface area contributed by atoms with Gasteiger partial charge in [-0.15, -0.1) is 11.3 Å². The number of hydrogen-bond donors (Lipinski definition) is 1. The Morgan fingerprint density at radius 3 is 2.47 bits per heavy atom. The van der Waals surface area contributed by atoms with E-state index < -0.39 is 0 Å². The van der Waals surface area contributed by atoms with Gasteiger partial charge in [0.15, 0.2) is 0 Å². The predicted octanol–water partition coefficient (Wildman–Crippen LogP) is 3.60. The summed E-state index contributed by atoms with van der Waals surface area (Å²) in [6, 6.07) is 1.02. The van der Waals surface area contributed by atoms with E-state index >= 15 is 0 Å². The molecule has 0 radical (unpaired) electrons. The van der Waals surface area contributed by atoms with Gasteiger partial charge in [0.2, 0.25) is 0 Å². The molecule has 0 aliphatic heterocycles. The van der Waals surface area contributed by atoms with Gasteiger partial charge in [0.1, 0.15) is 0 Å². The molecule has 15 heavy (non-hydrogen) atoms. The topological polar surface area (TPSA) is 24.9 Å². The maximum absolute atomic E-state index is 4.46. The maximum atomic E-state index is 4.46. The first-order chi connectivity index (χ1) is 7.04. The van der Waals surface area contributed by atoms with Crippen molar-refractivity contribution in [3.05, 3.63) is 15.6 Å². The molecule has 86 valence electrons. The molecule has 3 heteroatoms. The first-order valence-electron chi connectivity index (χ1n) is 5.74. The molecular weight excluding hydrogens is 204 g/mol. The summed E-state index contributed by atoms with van der Waals surface area (Å²) in [7, 11) is 0. The molecule has 0 saturated heterocycles. The lowest BCUT2D eigenvalue weighted by Gasteiger charge is -2.18. The fourth-order valence-corrected chi connectivity index (χ4v) is 2.91. The van der Waals surface area contributed by atoms with E-state index in [1.807, 2.05) is 11.3 Å². The highest BCUT2D eigenvalue weighted by Crippen LogP contribution is 2.24. The largest absolute Gasteiger partial charge is 0.307 e. The Morgan fingerprint density at radius 2 is 2.00 bits per heavy atom. The van der Waals surface area contributed by atoms with E-state index in [9.17, 15) is 0 Å². The van der Waals surface area contributed by atoms with E-state index in [1.54, 1.807) is 0 Å². The van der Waals surface area contributed by atoms with Crippen molar-refractivity contribution in [1.82, 2.24) is 10.3 Å². The van der Waals surface area contributed by atoms with E-state index in [-0.39, 0.29) is 0 Å². The van der Waals surface area contributed by atoms with Crippen molar-refractivity contribution in [3.63, 3.8) is 0 Å². The minimum absolute atomic E-state index is 0.428. The van der Waals surface area contributed by atoms with Crippen LogP contribution in [0.25, 0.3) is 0 Å². The molecule has 0 fully saturated rings. The molecule has 0 aliphatic rings. The summed E-state index contributed by atoms with van der Waals surface area (Å²) >= 11 is 1.81. The second kappa shape index (κ2) is 5.61. The number of aromatic nitrogens is 1. The van der Waals surface area contributed by atoms with Gasteiger partial charge >= 0.3 is 0 Å². The van der Waals surface area contributed by atoms with Crippen molar-refractivity contribution in [1.29, 1.82) is 0 Å². The predicted molar refractivity (Wildman–Crippen MR) is 67.5 cm³/mol. The lowest BCUT2D eigenvalue weighted by molar-refractivity contribution is 0.455. The third kappa shape index (κ3) is 3.58. The van der Waals surface area contributed by atoms with Crippen molar-refractivity contribution >= 4 is 11.3 Å². The van der Waals surface area contributed by atoms with Gasteiger partial charge in [-0.25, -0.2) is 4.98 Å². The summed E-state index contributed by atoms with van der Waals surface area (Å²) in [6.07, 6.45) is 2.47. The molecule has 0 aliphatic carbocycles. The van der Waals surface area contributed by atoms with E-state index in [0.29, 0.717) is 12.1 Å². The number of aryl methyl sites for hydroxylation is 2. The van der Waals surface area contributed by atoms with Crippen molar-refractivity contribution in [3.8, 4) is 0 Å². The summed E-state index contributed by atoms with van der Waals surface area (Å²) in [5.41, 5.74) is 1.18. The molecule has 2 nitrogen and oxygen atoms in total. The summed E-state index contributed by atoms with van der Waals surface area (Å²) in [6.45, 7) is 10.9. The zero-order valence-electron chi connectivity index (χ0n) is 10.4. The maximum Gasteiger partial charge on any atom is 0.0900 e. The highest BCUT2D eigenvalue weighted by molar-refractivity contribution is 7.11. The smallest absolute Gasteiger partial charge is 0.0900 e. The van der Waals surface area contributed by atoms with Gasteiger partial charge in [0.05, 0.1) is 10.7 Å². The van der Waals surface area contributed by atoms with Crippen LogP contribution in [0.4, 0.5) is 0 Å². The van der Waals surface area contributed by atoms with Gasteiger partial charge in [0.25, 0.3) is 0 Å². The van der Waals surface area contributed by atoms with Crippen LogP contribution in [-0.4, -0.2) is 11.0 Å². The Balaban J connectivity index is 2.60. The zero-order valence-corrected chi connectivity index (χ0v) is 11.2. The quantitative estimate of drug-likeness (QED) is 0.830. The van der Waals surface area contributed by atoms with Gasteiger partial charge < -0.3 is 5.32 Å². The Bertz CT molecular complexity index is 307. The highest BCUT2D eigenvalue weighted by Gasteiger charge is 2.14. The second-order valence-electron chi connectivity index (χ2n) is 4.26. The summed E-state index contributed by atoms with van der Waals surface area (Å²) in [5.74, 6) is 0. The van der Waals surface area contributed by atoms with Gasteiger partial charge in [-0.3, -0.25) is 0 Å². The Labute approximate surface area is 97.1 Å². The van der Waals surface area contributed by atoms with Crippen LogP contribution in [-0.2, 0) is 0 Å². The molecule has 1 aromatic heterocycles. The SMILES string of the molecule is CCCC(C)NC(C)c1sc(C)nc1C. The number of nitrogens with zero attached hydrogens (tertiary/aromatic N) is 1. The van der Waals surface area contributed by atoms with Crippen LogP contribution in [0.2, 0.25) is 0 Å². The van der Waals surface area contributed by atoms with E-state index in [4.69, 9.17) is 0 Å². The molecule has 0 spiro atoms. The average Bonchev–Trinajstić information content (AvgIpc) is 2.45. The number of hydrogen-bond acceptors (Lipinski definition) is 3. The van der Waals surface area contributed by atoms with Crippen molar-refractivity contribution in [2.45, 2.75) is 59.5 Å². The van der Waals surface area contributed by atoms with Gasteiger partial charge in [0, 0.05) is 17.0 Å². The molecule has 0 saturated carbocycles. The van der Waals surface area contributed by atoms with E-state index in [1.165, 1.54) is 28.4 Å². The zero-order chi connectivity index (χ0) is 11.4. The Kier molecular flexibility index (Phi) is 4.74. The molecule has 0 amide bonds. The molecule has 1 aromatic rings. The molecule has 1 N–H and O–H groups in total. The van der Waals surface area contributed by atoms with Crippen molar-refractivity contribution < 1.29 is 0 Å². The van der Waals surface area contributed by atoms with Gasteiger partial charge in [-0.05, 0) is 34.1 Å². The van der Waals surface area contributed by atoms with Crippen molar-refractivity contribution in [2.24, 2.45) is 0 Å². The summed E-state index contributed by atoms with van der Waals surface area (Å²) in [5, 5.41) is 4.79. The second-order valence-corrected chi connectivity index (χ2v) is 5.50. The monoisotopic (exact) mass is 226 g/mol. The van der Waals surface area contributed by atoms with Crippen LogP contribution < -0.4 is 5.32 Å². The minimum atomic E-state index is 0.428. The summed E-state index contributed by atoms with van der Waals surface area (Å²) < 4.78 is 0. The van der Waals surface area contributed by atoms with Gasteiger partial charge in [-0.2, -0.15) is 0 Å². The molecule has 2 atom stereocenters. The normalized spacial score (nSPS) is 15.3. The third-order valence-corrected chi connectivity index (χ3v) is 3.84. The number of rotatable bonds is 5. The minimum Gasteiger partial charge on any atom is -0.307 e. The summed E-state index contributed by atoms with van der Waals surface area (Å²) in [4.78, 5) is 5.85.